The van der Waals surface area contributed by atoms with Crippen molar-refractivity contribution < 1.29 is 42.1 Å². The second-order valence-corrected chi connectivity index (χ2v) is 20.4. The highest BCUT2D eigenvalue weighted by molar-refractivity contribution is 7.47. The number of phosphoric acid groups is 1. The Labute approximate surface area is 372 Å². The lowest BCUT2D eigenvalue weighted by atomic mass is 10.0. The largest absolute Gasteiger partial charge is 0.472 e. The van der Waals surface area contributed by atoms with Gasteiger partial charge in [0.2, 0.25) is 0 Å². The molecule has 0 aromatic carbocycles. The van der Waals surface area contributed by atoms with Crippen LogP contribution in [0.25, 0.3) is 0 Å². The first-order valence-corrected chi connectivity index (χ1v) is 27.3. The summed E-state index contributed by atoms with van der Waals surface area (Å²) in [5.74, 6) is -0.789. The van der Waals surface area contributed by atoms with Crippen molar-refractivity contribution in [2.24, 2.45) is 0 Å². The molecule has 1 N–H and O–H groups in total. The van der Waals surface area contributed by atoms with Crippen molar-refractivity contribution in [3.8, 4) is 0 Å². The van der Waals surface area contributed by atoms with E-state index < -0.39 is 26.5 Å². The van der Waals surface area contributed by atoms with Gasteiger partial charge in [0.05, 0.1) is 27.7 Å². The first-order valence-electron chi connectivity index (χ1n) is 25.8. The lowest BCUT2D eigenvalue weighted by Gasteiger charge is -2.24. The third-order valence-corrected chi connectivity index (χ3v) is 12.6. The van der Waals surface area contributed by atoms with Gasteiger partial charge in [0, 0.05) is 12.8 Å². The van der Waals surface area contributed by atoms with Gasteiger partial charge in [-0.3, -0.25) is 18.6 Å². The summed E-state index contributed by atoms with van der Waals surface area (Å²) in [7, 11) is 1.49. The molecule has 0 rings (SSSR count). The highest BCUT2D eigenvalue weighted by atomic mass is 31.2. The molecule has 0 aliphatic rings. The monoisotopic (exact) mass is 875 g/mol. The minimum atomic E-state index is -4.36. The SMILES string of the molecule is CCCCCCCCCCCCCCCCCCCCCCCCCCCCCCCC(=O)OC(COC(=O)CCCCCCCCC)COP(=O)(O)OCC[N+](C)(C)C. The van der Waals surface area contributed by atoms with Crippen molar-refractivity contribution >= 4 is 19.8 Å². The standard InChI is InChI=1S/C50H100NO8P/c1-6-8-10-12-14-15-16-17-18-19-20-21-22-23-24-25-26-27-28-29-30-31-32-33-34-35-37-39-41-43-50(53)59-48(47-58-60(54,55)57-45-44-51(3,4)5)46-56-49(52)42-40-38-36-13-11-9-7-2/h48H,6-47H2,1-5H3/p+1. The number of ether oxygens (including phenoxy) is 2. The highest BCUT2D eigenvalue weighted by Gasteiger charge is 2.27. The smallest absolute Gasteiger partial charge is 0.462 e. The van der Waals surface area contributed by atoms with E-state index in [1.807, 2.05) is 21.1 Å². The minimum Gasteiger partial charge on any atom is -0.462 e. The number of carbonyl (C=O) groups is 2. The first-order chi connectivity index (χ1) is 29.0. The zero-order valence-electron chi connectivity index (χ0n) is 40.5. The molecule has 2 atom stereocenters. The Kier molecular flexibility index (Phi) is 42.6. The maximum Gasteiger partial charge on any atom is 0.472 e. The van der Waals surface area contributed by atoms with Crippen LogP contribution in [-0.2, 0) is 32.7 Å². The van der Waals surface area contributed by atoms with E-state index in [1.54, 1.807) is 0 Å². The number of nitrogens with zero attached hydrogens (tertiary/aromatic N) is 1. The number of phosphoric ester groups is 1. The van der Waals surface area contributed by atoms with Crippen LogP contribution in [0.2, 0.25) is 0 Å². The van der Waals surface area contributed by atoms with E-state index in [9.17, 15) is 19.0 Å². The van der Waals surface area contributed by atoms with Crippen LogP contribution in [0.15, 0.2) is 0 Å². The summed E-state index contributed by atoms with van der Waals surface area (Å²) in [6, 6.07) is 0. The third kappa shape index (κ3) is 46.5. The van der Waals surface area contributed by atoms with Gasteiger partial charge in [-0.25, -0.2) is 4.57 Å². The van der Waals surface area contributed by atoms with Gasteiger partial charge in [-0.2, -0.15) is 0 Å². The van der Waals surface area contributed by atoms with Gasteiger partial charge in [-0.1, -0.05) is 232 Å². The number of esters is 2. The van der Waals surface area contributed by atoms with E-state index in [0.29, 0.717) is 17.4 Å². The van der Waals surface area contributed by atoms with Crippen LogP contribution in [0.5, 0.6) is 0 Å². The molecule has 0 radical (unpaired) electrons. The van der Waals surface area contributed by atoms with Gasteiger partial charge in [0.1, 0.15) is 19.8 Å². The molecule has 0 saturated carbocycles. The van der Waals surface area contributed by atoms with Crippen molar-refractivity contribution in [1.29, 1.82) is 0 Å². The molecule has 0 heterocycles. The molecule has 0 fully saturated rings. The maximum atomic E-state index is 12.7. The van der Waals surface area contributed by atoms with Crippen LogP contribution in [-0.4, -0.2) is 74.9 Å². The van der Waals surface area contributed by atoms with Gasteiger partial charge < -0.3 is 18.9 Å². The Bertz CT molecular complexity index is 990. The predicted octanol–water partition coefficient (Wildman–Crippen LogP) is 15.1. The summed E-state index contributed by atoms with van der Waals surface area (Å²) in [4.78, 5) is 35.2. The fraction of sp³-hybridized carbons (Fsp3) is 0.960. The third-order valence-electron chi connectivity index (χ3n) is 11.6. The van der Waals surface area contributed by atoms with Crippen molar-refractivity contribution in [3.63, 3.8) is 0 Å². The average molecular weight is 875 g/mol. The zero-order valence-corrected chi connectivity index (χ0v) is 41.4. The fourth-order valence-corrected chi connectivity index (χ4v) is 8.35. The molecule has 0 spiro atoms. The van der Waals surface area contributed by atoms with Crippen molar-refractivity contribution in [2.75, 3.05) is 47.5 Å². The molecule has 0 aliphatic heterocycles. The lowest BCUT2D eigenvalue weighted by molar-refractivity contribution is -0.870. The van der Waals surface area contributed by atoms with Crippen LogP contribution in [0.1, 0.15) is 258 Å². The number of rotatable bonds is 48. The Morgan fingerprint density at radius 3 is 1.07 bits per heavy atom. The summed E-state index contributed by atoms with van der Waals surface area (Å²) in [6.07, 6.45) is 46.3. The van der Waals surface area contributed by atoms with E-state index in [2.05, 4.69) is 13.8 Å². The van der Waals surface area contributed by atoms with E-state index in [-0.39, 0.29) is 25.6 Å². The Morgan fingerprint density at radius 2 is 0.750 bits per heavy atom. The fourth-order valence-electron chi connectivity index (χ4n) is 7.61. The van der Waals surface area contributed by atoms with Gasteiger partial charge in [-0.15, -0.1) is 0 Å². The normalized spacial score (nSPS) is 13.4. The summed E-state index contributed by atoms with van der Waals surface area (Å²) in [5.41, 5.74) is 0. The summed E-state index contributed by atoms with van der Waals surface area (Å²) in [6.45, 7) is 4.42. The van der Waals surface area contributed by atoms with Crippen molar-refractivity contribution in [2.45, 2.75) is 264 Å². The number of quaternary nitrogens is 1. The predicted molar refractivity (Wildman–Crippen MR) is 252 cm³/mol. The summed E-state index contributed by atoms with van der Waals surface area (Å²) < 4.78 is 34.3. The molecule has 0 aromatic heterocycles. The Balaban J connectivity index is 3.91. The summed E-state index contributed by atoms with van der Waals surface area (Å²) >= 11 is 0. The van der Waals surface area contributed by atoms with Gasteiger partial charge >= 0.3 is 19.8 Å². The second-order valence-electron chi connectivity index (χ2n) is 18.9. The topological polar surface area (TPSA) is 108 Å². The van der Waals surface area contributed by atoms with E-state index in [4.69, 9.17) is 18.5 Å². The van der Waals surface area contributed by atoms with Crippen LogP contribution in [0.4, 0.5) is 0 Å². The van der Waals surface area contributed by atoms with Gasteiger partial charge in [0.15, 0.2) is 6.10 Å². The second kappa shape index (κ2) is 43.3. The molecule has 0 amide bonds. The maximum absolute atomic E-state index is 12.7. The molecule has 358 valence electrons. The van der Waals surface area contributed by atoms with Crippen LogP contribution >= 0.6 is 7.82 Å². The Hall–Kier alpha value is -0.990. The van der Waals surface area contributed by atoms with Crippen LogP contribution in [0.3, 0.4) is 0 Å². The van der Waals surface area contributed by atoms with Crippen molar-refractivity contribution in [3.05, 3.63) is 0 Å². The quantitative estimate of drug-likeness (QED) is 0.0279. The molecule has 0 aromatic rings. The molecule has 0 saturated heterocycles. The molecular weight excluding hydrogens is 774 g/mol. The van der Waals surface area contributed by atoms with Crippen molar-refractivity contribution in [1.82, 2.24) is 0 Å². The molecule has 10 heteroatoms. The van der Waals surface area contributed by atoms with Crippen LogP contribution in [0, 0.1) is 0 Å². The number of unbranched alkanes of at least 4 members (excludes halogenated alkanes) is 34. The number of hydrogen-bond donors (Lipinski definition) is 1. The van der Waals surface area contributed by atoms with E-state index in [1.165, 1.54) is 193 Å². The number of hydrogen-bond acceptors (Lipinski definition) is 7. The zero-order chi connectivity index (χ0) is 44.3. The molecular formula is C50H101NO8P+. The number of likely N-dealkylation sites (N-methyl/N-ethyl adjacent to an activating group) is 1. The van der Waals surface area contributed by atoms with E-state index in [0.717, 1.165) is 38.5 Å². The van der Waals surface area contributed by atoms with E-state index >= 15 is 0 Å². The average Bonchev–Trinajstić information content (AvgIpc) is 3.20. The molecule has 2 unspecified atom stereocenters. The molecule has 60 heavy (non-hydrogen) atoms. The lowest BCUT2D eigenvalue weighted by Crippen LogP contribution is -2.37. The number of carbonyl (C=O) groups excluding carboxylic acids is 2. The molecule has 9 nitrogen and oxygen atoms in total. The minimum absolute atomic E-state index is 0.0365. The molecule has 0 bridgehead atoms. The Morgan fingerprint density at radius 1 is 0.450 bits per heavy atom. The summed E-state index contributed by atoms with van der Waals surface area (Å²) in [5, 5.41) is 0. The molecule has 0 aliphatic carbocycles. The van der Waals surface area contributed by atoms with Gasteiger partial charge in [-0.05, 0) is 12.8 Å². The van der Waals surface area contributed by atoms with Crippen LogP contribution < -0.4 is 0 Å². The van der Waals surface area contributed by atoms with Gasteiger partial charge in [0.25, 0.3) is 0 Å². The first kappa shape index (κ1) is 59.0. The highest BCUT2D eigenvalue weighted by Crippen LogP contribution is 2.43.